The maximum absolute atomic E-state index is 11.2. The molecule has 0 aromatic heterocycles. The quantitative estimate of drug-likeness (QED) is 0.707. The molecule has 108 valence electrons. The van der Waals surface area contributed by atoms with E-state index >= 15 is 0 Å². The molecule has 5 heteroatoms. The van der Waals surface area contributed by atoms with Gasteiger partial charge in [-0.25, -0.2) is 0 Å². The van der Waals surface area contributed by atoms with Crippen molar-refractivity contribution in [3.63, 3.8) is 0 Å². The molecule has 0 heterocycles. The third kappa shape index (κ3) is 5.24. The molecule has 0 aliphatic heterocycles. The second-order valence-electron chi connectivity index (χ2n) is 4.82. The van der Waals surface area contributed by atoms with Gasteiger partial charge in [0.15, 0.2) is 0 Å². The summed E-state index contributed by atoms with van der Waals surface area (Å²) in [6.45, 7) is 1.83. The van der Waals surface area contributed by atoms with Crippen LogP contribution in [0.3, 0.4) is 0 Å². The third-order valence-electron chi connectivity index (χ3n) is 2.99. The van der Waals surface area contributed by atoms with Gasteiger partial charge in [-0.3, -0.25) is 9.59 Å². The summed E-state index contributed by atoms with van der Waals surface area (Å²) in [6, 6.07) is 8.38. The molecule has 0 spiro atoms. The number of benzene rings is 1. The summed E-state index contributed by atoms with van der Waals surface area (Å²) < 4.78 is 0. The Morgan fingerprint density at radius 3 is 2.30 bits per heavy atom. The summed E-state index contributed by atoms with van der Waals surface area (Å²) in [6.07, 6.45) is 2.10. The minimum absolute atomic E-state index is 0.0787. The highest BCUT2D eigenvalue weighted by atomic mass is 16.4. The first-order valence-electron chi connectivity index (χ1n) is 6.33. The second kappa shape index (κ2) is 7.45. The first-order chi connectivity index (χ1) is 9.40. The van der Waals surface area contributed by atoms with Crippen LogP contribution in [-0.2, 0) is 9.59 Å². The van der Waals surface area contributed by atoms with Crippen LogP contribution in [0.5, 0.6) is 0 Å². The Morgan fingerprint density at radius 1 is 1.20 bits per heavy atom. The molecule has 0 amide bonds. The van der Waals surface area contributed by atoms with Gasteiger partial charge in [0.2, 0.25) is 0 Å². The zero-order valence-corrected chi connectivity index (χ0v) is 11.3. The maximum atomic E-state index is 11.2. The molecule has 0 aliphatic rings. The lowest BCUT2D eigenvalue weighted by Gasteiger charge is -2.15. The summed E-state index contributed by atoms with van der Waals surface area (Å²) in [5.74, 6) is -3.00. The van der Waals surface area contributed by atoms with E-state index in [1.165, 1.54) is 0 Å². The molecule has 5 nitrogen and oxygen atoms in total. The predicted molar refractivity (Wildman–Crippen MR) is 76.1 cm³/mol. The van der Waals surface area contributed by atoms with Gasteiger partial charge in [0.05, 0.1) is 5.92 Å². The average Bonchev–Trinajstić information content (AvgIpc) is 2.38. The Bertz CT molecular complexity index is 496. The molecule has 1 aromatic carbocycles. The largest absolute Gasteiger partial charge is 0.481 e. The minimum atomic E-state index is -1.18. The number of nitrogens with two attached hydrogens (primary N) is 1. The molecule has 0 unspecified atom stereocenters. The van der Waals surface area contributed by atoms with Crippen molar-refractivity contribution in [2.75, 3.05) is 0 Å². The van der Waals surface area contributed by atoms with Crippen LogP contribution in [0, 0.1) is 5.92 Å². The number of aliphatic carboxylic acids is 2. The van der Waals surface area contributed by atoms with Crippen LogP contribution < -0.4 is 5.73 Å². The fourth-order valence-corrected chi connectivity index (χ4v) is 1.96. The molecule has 20 heavy (non-hydrogen) atoms. The van der Waals surface area contributed by atoms with Gasteiger partial charge in [0, 0.05) is 0 Å². The lowest BCUT2D eigenvalue weighted by atomic mass is 9.92. The maximum Gasteiger partial charge on any atom is 0.320 e. The highest BCUT2D eigenvalue weighted by Gasteiger charge is 2.24. The summed E-state index contributed by atoms with van der Waals surface area (Å²) >= 11 is 0. The molecule has 4 N–H and O–H groups in total. The van der Waals surface area contributed by atoms with Crippen molar-refractivity contribution in [3.8, 4) is 0 Å². The van der Waals surface area contributed by atoms with E-state index in [0.717, 1.165) is 11.1 Å². The fraction of sp³-hybridized carbons (Fsp3) is 0.333. The summed E-state index contributed by atoms with van der Waals surface area (Å²) in [7, 11) is 0. The SMILES string of the molecule is C/C(=C\c1ccccc1)C[C@@H](C[C@H](N)C(=O)O)C(=O)O. The lowest BCUT2D eigenvalue weighted by molar-refractivity contribution is -0.143. The third-order valence-corrected chi connectivity index (χ3v) is 2.99. The van der Waals surface area contributed by atoms with Crippen molar-refractivity contribution < 1.29 is 19.8 Å². The Hall–Kier alpha value is -2.14. The first kappa shape index (κ1) is 15.9. The van der Waals surface area contributed by atoms with Gasteiger partial charge >= 0.3 is 11.9 Å². The Labute approximate surface area is 117 Å². The Morgan fingerprint density at radius 2 is 1.80 bits per heavy atom. The summed E-state index contributed by atoms with van der Waals surface area (Å²) in [5, 5.41) is 17.9. The molecule has 0 aliphatic carbocycles. The first-order valence-corrected chi connectivity index (χ1v) is 6.33. The number of hydrogen-bond acceptors (Lipinski definition) is 3. The van der Waals surface area contributed by atoms with E-state index in [-0.39, 0.29) is 12.8 Å². The van der Waals surface area contributed by atoms with Crippen LogP contribution in [0.4, 0.5) is 0 Å². The number of carbonyl (C=O) groups is 2. The number of carboxylic acid groups (broad SMARTS) is 2. The topological polar surface area (TPSA) is 101 Å². The number of carboxylic acids is 2. The highest BCUT2D eigenvalue weighted by molar-refractivity contribution is 5.76. The van der Waals surface area contributed by atoms with Gasteiger partial charge in [0.1, 0.15) is 6.04 Å². The second-order valence-corrected chi connectivity index (χ2v) is 4.82. The molecule has 0 saturated carbocycles. The van der Waals surface area contributed by atoms with E-state index in [4.69, 9.17) is 15.9 Å². The Kier molecular flexibility index (Phi) is 5.93. The monoisotopic (exact) mass is 277 g/mol. The molecular formula is C15H19NO4. The molecule has 2 atom stereocenters. The van der Waals surface area contributed by atoms with E-state index in [1.54, 1.807) is 0 Å². The van der Waals surface area contributed by atoms with Gasteiger partial charge in [-0.05, 0) is 25.3 Å². The minimum Gasteiger partial charge on any atom is -0.481 e. The van der Waals surface area contributed by atoms with Crippen molar-refractivity contribution in [2.24, 2.45) is 11.7 Å². The molecule has 1 aromatic rings. The van der Waals surface area contributed by atoms with Crippen molar-refractivity contribution in [1.29, 1.82) is 0 Å². The van der Waals surface area contributed by atoms with Gasteiger partial charge in [-0.1, -0.05) is 42.0 Å². The van der Waals surface area contributed by atoms with Gasteiger partial charge in [-0.2, -0.15) is 0 Å². The normalized spacial score (nSPS) is 14.6. The van der Waals surface area contributed by atoms with Crippen LogP contribution in [0.1, 0.15) is 25.3 Å². The van der Waals surface area contributed by atoms with E-state index < -0.39 is 23.9 Å². The zero-order chi connectivity index (χ0) is 15.1. The van der Waals surface area contributed by atoms with Gasteiger partial charge in [-0.15, -0.1) is 0 Å². The van der Waals surface area contributed by atoms with Crippen LogP contribution in [0.15, 0.2) is 35.9 Å². The molecule has 0 fully saturated rings. The summed E-state index contributed by atoms with van der Waals surface area (Å²) in [5.41, 5.74) is 7.26. The zero-order valence-electron chi connectivity index (χ0n) is 11.3. The predicted octanol–water partition coefficient (Wildman–Crippen LogP) is 1.98. The molecule has 0 bridgehead atoms. The highest BCUT2D eigenvalue weighted by Crippen LogP contribution is 2.19. The number of allylic oxidation sites excluding steroid dienone is 1. The summed E-state index contributed by atoms with van der Waals surface area (Å²) in [4.78, 5) is 21.9. The van der Waals surface area contributed by atoms with Crippen molar-refractivity contribution in [3.05, 3.63) is 41.5 Å². The van der Waals surface area contributed by atoms with E-state index in [9.17, 15) is 9.59 Å². The number of rotatable bonds is 7. The molecule has 1 rings (SSSR count). The standard InChI is InChI=1S/C15H19NO4/c1-10(7-11-5-3-2-4-6-11)8-12(14(17)18)9-13(16)15(19)20/h2-7,12-13H,8-9,16H2,1H3,(H,17,18)(H,19,20)/b10-7+/t12-,13-/m0/s1. The fourth-order valence-electron chi connectivity index (χ4n) is 1.96. The van der Waals surface area contributed by atoms with E-state index in [1.807, 2.05) is 43.3 Å². The van der Waals surface area contributed by atoms with Crippen molar-refractivity contribution in [1.82, 2.24) is 0 Å². The smallest absolute Gasteiger partial charge is 0.320 e. The Balaban J connectivity index is 2.73. The van der Waals surface area contributed by atoms with E-state index in [0.29, 0.717) is 0 Å². The van der Waals surface area contributed by atoms with Crippen LogP contribution in [-0.4, -0.2) is 28.2 Å². The average molecular weight is 277 g/mol. The lowest BCUT2D eigenvalue weighted by Crippen LogP contribution is -2.34. The van der Waals surface area contributed by atoms with Gasteiger partial charge in [0.25, 0.3) is 0 Å². The van der Waals surface area contributed by atoms with Crippen LogP contribution in [0.25, 0.3) is 6.08 Å². The van der Waals surface area contributed by atoms with E-state index in [2.05, 4.69) is 0 Å². The number of hydrogen-bond donors (Lipinski definition) is 3. The molecule has 0 radical (unpaired) electrons. The van der Waals surface area contributed by atoms with Crippen LogP contribution >= 0.6 is 0 Å². The van der Waals surface area contributed by atoms with Crippen LogP contribution in [0.2, 0.25) is 0 Å². The molecular weight excluding hydrogens is 258 g/mol. The van der Waals surface area contributed by atoms with Crippen molar-refractivity contribution in [2.45, 2.75) is 25.8 Å². The molecule has 0 saturated heterocycles. The van der Waals surface area contributed by atoms with Crippen molar-refractivity contribution >= 4 is 18.0 Å². The van der Waals surface area contributed by atoms with Gasteiger partial charge < -0.3 is 15.9 Å².